The van der Waals surface area contributed by atoms with Gasteiger partial charge < -0.3 is 9.84 Å². The van der Waals surface area contributed by atoms with Gasteiger partial charge in [-0.3, -0.25) is 0 Å². The summed E-state index contributed by atoms with van der Waals surface area (Å²) in [5.74, 6) is 0. The monoisotopic (exact) mass is 422 g/mol. The van der Waals surface area contributed by atoms with E-state index in [9.17, 15) is 0 Å². The smallest absolute Gasteiger partial charge is 0.0829 e. The van der Waals surface area contributed by atoms with Gasteiger partial charge in [-0.1, -0.05) is 94.5 Å². The van der Waals surface area contributed by atoms with Gasteiger partial charge in [0.05, 0.1) is 21.3 Å². The Labute approximate surface area is 184 Å². The van der Waals surface area contributed by atoms with Gasteiger partial charge in [0.1, 0.15) is 0 Å². The third-order valence-electron chi connectivity index (χ3n) is 6.41. The maximum absolute atomic E-state index is 9.05. The topological polar surface area (TPSA) is 29.5 Å². The standard InChI is InChI=1S/C27H38O2Si/c1-21(16-18-28)23-8-12-25(13-9-23)26-14-10-24(11-15-26)22(2)17-19-29-20-30(6,7)27(3,4)5/h8-17,28H,18-20H2,1-7H3. The van der Waals surface area contributed by atoms with E-state index in [-0.39, 0.29) is 6.61 Å². The van der Waals surface area contributed by atoms with Crippen LogP contribution >= 0.6 is 0 Å². The average molecular weight is 423 g/mol. The second kappa shape index (κ2) is 10.4. The van der Waals surface area contributed by atoms with E-state index < -0.39 is 8.07 Å². The van der Waals surface area contributed by atoms with Gasteiger partial charge in [-0.2, -0.15) is 0 Å². The van der Waals surface area contributed by atoms with Crippen LogP contribution in [0.3, 0.4) is 0 Å². The number of hydrogen-bond donors (Lipinski definition) is 1. The zero-order valence-electron chi connectivity index (χ0n) is 19.8. The summed E-state index contributed by atoms with van der Waals surface area (Å²) in [4.78, 5) is 0. The number of hydrogen-bond acceptors (Lipinski definition) is 2. The Bertz CT molecular complexity index is 867. The Hall–Kier alpha value is -1.94. The SMILES string of the molecule is CC(=CCO)c1ccc(-c2ccc(C(C)=CCOC[Si](C)(C)C(C)(C)C)cc2)cc1. The molecule has 0 amide bonds. The van der Waals surface area contributed by atoms with E-state index >= 15 is 0 Å². The third-order valence-corrected chi connectivity index (χ3v) is 11.4. The van der Waals surface area contributed by atoms with Gasteiger partial charge in [-0.05, 0) is 52.3 Å². The number of aliphatic hydroxyl groups excluding tert-OH is 1. The van der Waals surface area contributed by atoms with Crippen LogP contribution in [0.5, 0.6) is 0 Å². The summed E-state index contributed by atoms with van der Waals surface area (Å²) in [6, 6.07) is 17.2. The van der Waals surface area contributed by atoms with Crippen LogP contribution in [0.1, 0.15) is 45.7 Å². The average Bonchev–Trinajstić information content (AvgIpc) is 2.70. The van der Waals surface area contributed by atoms with Crippen molar-refractivity contribution in [1.29, 1.82) is 0 Å². The molecule has 0 aliphatic carbocycles. The van der Waals surface area contributed by atoms with E-state index in [1.165, 1.54) is 22.3 Å². The molecule has 2 rings (SSSR count). The number of rotatable bonds is 8. The lowest BCUT2D eigenvalue weighted by Crippen LogP contribution is -2.42. The zero-order valence-corrected chi connectivity index (χ0v) is 20.8. The Morgan fingerprint density at radius 1 is 0.833 bits per heavy atom. The number of ether oxygens (including phenoxy) is 1. The molecule has 1 N–H and O–H groups in total. The first-order valence-electron chi connectivity index (χ1n) is 10.8. The molecular weight excluding hydrogens is 384 g/mol. The molecule has 0 radical (unpaired) electrons. The first kappa shape index (κ1) is 24.3. The summed E-state index contributed by atoms with van der Waals surface area (Å²) >= 11 is 0. The van der Waals surface area contributed by atoms with Crippen LogP contribution in [0.25, 0.3) is 22.3 Å². The van der Waals surface area contributed by atoms with Crippen LogP contribution in [0, 0.1) is 0 Å². The molecule has 2 aromatic rings. The Balaban J connectivity index is 1.99. The normalized spacial score (nSPS) is 13.6. The summed E-state index contributed by atoms with van der Waals surface area (Å²) in [7, 11) is -1.38. The molecule has 0 atom stereocenters. The fraction of sp³-hybridized carbons (Fsp3) is 0.407. The number of allylic oxidation sites excluding steroid dienone is 2. The lowest BCUT2D eigenvalue weighted by atomic mass is 9.98. The van der Waals surface area contributed by atoms with E-state index in [0.717, 1.165) is 17.4 Å². The summed E-state index contributed by atoms with van der Waals surface area (Å²) in [6.07, 6.45) is 4.91. The number of benzene rings is 2. The highest BCUT2D eigenvalue weighted by atomic mass is 28.3. The largest absolute Gasteiger partial charge is 0.392 e. The first-order chi connectivity index (χ1) is 14.0. The van der Waals surface area contributed by atoms with Crippen LogP contribution in [0.2, 0.25) is 18.1 Å². The molecule has 2 nitrogen and oxygen atoms in total. The molecule has 0 aliphatic rings. The minimum absolute atomic E-state index is 0.0727. The van der Waals surface area contributed by atoms with Crippen molar-refractivity contribution in [3.8, 4) is 11.1 Å². The summed E-state index contributed by atoms with van der Waals surface area (Å²) in [5, 5.41) is 9.40. The van der Waals surface area contributed by atoms with Crippen molar-refractivity contribution in [2.75, 3.05) is 19.4 Å². The van der Waals surface area contributed by atoms with Crippen molar-refractivity contribution < 1.29 is 9.84 Å². The van der Waals surface area contributed by atoms with Gasteiger partial charge in [0.2, 0.25) is 0 Å². The molecule has 0 unspecified atom stereocenters. The molecule has 0 saturated carbocycles. The predicted molar refractivity (Wildman–Crippen MR) is 134 cm³/mol. The fourth-order valence-electron chi connectivity index (χ4n) is 2.94. The lowest BCUT2D eigenvalue weighted by molar-refractivity contribution is 0.202. The molecule has 2 aromatic carbocycles. The van der Waals surface area contributed by atoms with Gasteiger partial charge in [-0.25, -0.2) is 0 Å². The van der Waals surface area contributed by atoms with Crippen LogP contribution < -0.4 is 0 Å². The van der Waals surface area contributed by atoms with E-state index in [1.54, 1.807) is 0 Å². The van der Waals surface area contributed by atoms with Crippen molar-refractivity contribution >= 4 is 19.2 Å². The van der Waals surface area contributed by atoms with Gasteiger partial charge in [0.25, 0.3) is 0 Å². The van der Waals surface area contributed by atoms with Crippen molar-refractivity contribution in [3.63, 3.8) is 0 Å². The Kier molecular flexibility index (Phi) is 8.42. The van der Waals surface area contributed by atoms with Crippen molar-refractivity contribution in [2.24, 2.45) is 0 Å². The van der Waals surface area contributed by atoms with Crippen molar-refractivity contribution in [1.82, 2.24) is 0 Å². The maximum Gasteiger partial charge on any atom is 0.0829 e. The summed E-state index contributed by atoms with van der Waals surface area (Å²) < 4.78 is 6.02. The van der Waals surface area contributed by atoms with E-state index in [0.29, 0.717) is 11.6 Å². The molecule has 0 spiro atoms. The molecule has 3 heteroatoms. The van der Waals surface area contributed by atoms with Crippen molar-refractivity contribution in [2.45, 2.75) is 52.8 Å². The molecule has 0 bridgehead atoms. The number of aliphatic hydroxyl groups is 1. The molecule has 0 aromatic heterocycles. The first-order valence-corrected chi connectivity index (χ1v) is 14.0. The minimum atomic E-state index is -1.38. The quantitative estimate of drug-likeness (QED) is 0.359. The van der Waals surface area contributed by atoms with Gasteiger partial charge >= 0.3 is 0 Å². The highest BCUT2D eigenvalue weighted by Crippen LogP contribution is 2.35. The van der Waals surface area contributed by atoms with Crippen molar-refractivity contribution in [3.05, 3.63) is 71.8 Å². The van der Waals surface area contributed by atoms with E-state index in [1.807, 2.05) is 13.0 Å². The Morgan fingerprint density at radius 3 is 1.67 bits per heavy atom. The minimum Gasteiger partial charge on any atom is -0.392 e. The zero-order chi connectivity index (χ0) is 22.4. The molecule has 0 saturated heterocycles. The lowest BCUT2D eigenvalue weighted by Gasteiger charge is -2.36. The third kappa shape index (κ3) is 6.53. The second-order valence-electron chi connectivity index (χ2n) is 9.76. The summed E-state index contributed by atoms with van der Waals surface area (Å²) in [6.45, 7) is 16.7. The molecule has 162 valence electrons. The molecule has 30 heavy (non-hydrogen) atoms. The highest BCUT2D eigenvalue weighted by molar-refractivity contribution is 6.80. The second-order valence-corrected chi connectivity index (χ2v) is 15.3. The molecule has 0 aliphatic heterocycles. The molecular formula is C27H38O2Si. The van der Waals surface area contributed by atoms with E-state index in [2.05, 4.69) is 95.4 Å². The Morgan fingerprint density at radius 2 is 1.27 bits per heavy atom. The molecule has 0 heterocycles. The van der Waals surface area contributed by atoms with Crippen LogP contribution in [-0.2, 0) is 4.74 Å². The van der Waals surface area contributed by atoms with Crippen LogP contribution in [-0.4, -0.2) is 32.6 Å². The summed E-state index contributed by atoms with van der Waals surface area (Å²) in [5.41, 5.74) is 7.11. The van der Waals surface area contributed by atoms with Crippen LogP contribution in [0.4, 0.5) is 0 Å². The highest BCUT2D eigenvalue weighted by Gasteiger charge is 2.35. The molecule has 0 fully saturated rings. The predicted octanol–water partition coefficient (Wildman–Crippen LogP) is 7.22. The van der Waals surface area contributed by atoms with Gasteiger partial charge in [-0.15, -0.1) is 0 Å². The van der Waals surface area contributed by atoms with Gasteiger partial charge in [0, 0.05) is 6.23 Å². The van der Waals surface area contributed by atoms with Crippen LogP contribution in [0.15, 0.2) is 60.7 Å². The fourth-order valence-corrected chi connectivity index (χ4v) is 4.00. The van der Waals surface area contributed by atoms with Gasteiger partial charge in [0.15, 0.2) is 0 Å². The van der Waals surface area contributed by atoms with E-state index in [4.69, 9.17) is 9.84 Å². The maximum atomic E-state index is 9.05.